The molecule has 0 unspecified atom stereocenters. The van der Waals surface area contributed by atoms with Gasteiger partial charge in [-0.2, -0.15) is 0 Å². The van der Waals surface area contributed by atoms with Crippen molar-refractivity contribution in [2.24, 2.45) is 0 Å². The van der Waals surface area contributed by atoms with E-state index in [1.165, 1.54) is 11.8 Å². The van der Waals surface area contributed by atoms with E-state index in [1.807, 2.05) is 12.1 Å². The van der Waals surface area contributed by atoms with E-state index in [4.69, 9.17) is 5.11 Å². The van der Waals surface area contributed by atoms with Crippen LogP contribution in [0.4, 0.5) is 0 Å². The number of fused-ring (bicyclic) bond motifs is 1. The summed E-state index contributed by atoms with van der Waals surface area (Å²) in [7, 11) is 0. The zero-order valence-electron chi connectivity index (χ0n) is 7.23. The van der Waals surface area contributed by atoms with E-state index in [-0.39, 0.29) is 11.3 Å². The van der Waals surface area contributed by atoms with Crippen LogP contribution in [0.5, 0.6) is 0 Å². The number of carboxylic acid groups (broad SMARTS) is 1. The van der Waals surface area contributed by atoms with Gasteiger partial charge in [0.15, 0.2) is 0 Å². The predicted octanol–water partition coefficient (Wildman–Crippen LogP) is 2.15. The molecule has 0 amide bonds. The van der Waals surface area contributed by atoms with Crippen molar-refractivity contribution in [1.29, 1.82) is 0 Å². The maximum atomic E-state index is 10.7. The fraction of sp³-hybridized carbons (Fsp3) is 0.100. The van der Waals surface area contributed by atoms with Gasteiger partial charge in [0.2, 0.25) is 0 Å². The number of hydrogen-bond acceptors (Lipinski definition) is 3. The molecular weight excluding hydrogens is 200 g/mol. The molecule has 72 valence electrons. The van der Waals surface area contributed by atoms with Gasteiger partial charge in [-0.05, 0) is 6.07 Å². The summed E-state index contributed by atoms with van der Waals surface area (Å²) < 4.78 is 0. The summed E-state index contributed by atoms with van der Waals surface area (Å²) in [6, 6.07) is 7.24. The van der Waals surface area contributed by atoms with E-state index in [2.05, 4.69) is 0 Å². The highest BCUT2D eigenvalue weighted by Crippen LogP contribution is 2.35. The van der Waals surface area contributed by atoms with Gasteiger partial charge in [-0.1, -0.05) is 18.2 Å². The van der Waals surface area contributed by atoms with Crippen molar-refractivity contribution in [1.82, 2.24) is 0 Å². The summed E-state index contributed by atoms with van der Waals surface area (Å²) in [4.78, 5) is 11.7. The number of rotatable bonds is 1. The average molecular weight is 208 g/mol. The molecule has 2 N–H and O–H groups in total. The number of benzene rings is 1. The molecule has 1 aliphatic rings. The maximum absolute atomic E-state index is 10.7. The van der Waals surface area contributed by atoms with Crippen molar-refractivity contribution in [3.05, 3.63) is 35.4 Å². The first kappa shape index (κ1) is 9.15. The highest BCUT2D eigenvalue weighted by Gasteiger charge is 2.22. The van der Waals surface area contributed by atoms with Crippen LogP contribution in [0.25, 0.3) is 5.76 Å². The lowest BCUT2D eigenvalue weighted by molar-refractivity contribution is -0.132. The van der Waals surface area contributed by atoms with E-state index in [9.17, 15) is 9.90 Å². The van der Waals surface area contributed by atoms with Crippen LogP contribution in [0, 0.1) is 0 Å². The quantitative estimate of drug-likeness (QED) is 0.742. The van der Waals surface area contributed by atoms with E-state index in [0.717, 1.165) is 4.90 Å². The predicted molar refractivity (Wildman–Crippen MR) is 54.4 cm³/mol. The number of carboxylic acids is 1. The van der Waals surface area contributed by atoms with Crippen molar-refractivity contribution in [2.75, 3.05) is 5.75 Å². The Morgan fingerprint density at radius 3 is 2.79 bits per heavy atom. The minimum atomic E-state index is -1.05. The lowest BCUT2D eigenvalue weighted by atomic mass is 10.1. The number of aliphatic hydroxyl groups is 1. The highest BCUT2D eigenvalue weighted by atomic mass is 32.2. The Hall–Kier alpha value is -1.42. The first-order valence-corrected chi connectivity index (χ1v) is 5.06. The Bertz CT molecular complexity index is 423. The molecule has 0 spiro atoms. The second kappa shape index (κ2) is 3.38. The van der Waals surface area contributed by atoms with Gasteiger partial charge < -0.3 is 10.2 Å². The van der Waals surface area contributed by atoms with E-state index in [1.54, 1.807) is 12.1 Å². The van der Waals surface area contributed by atoms with Gasteiger partial charge in [0.25, 0.3) is 0 Å². The molecule has 0 aromatic heterocycles. The van der Waals surface area contributed by atoms with Crippen molar-refractivity contribution < 1.29 is 15.0 Å². The normalized spacial score (nSPS) is 15.1. The van der Waals surface area contributed by atoms with Gasteiger partial charge in [0, 0.05) is 16.2 Å². The van der Waals surface area contributed by atoms with Crippen LogP contribution >= 0.6 is 11.8 Å². The molecule has 0 saturated carbocycles. The Balaban J connectivity index is 2.56. The van der Waals surface area contributed by atoms with Gasteiger partial charge in [-0.15, -0.1) is 11.8 Å². The fourth-order valence-electron chi connectivity index (χ4n) is 1.33. The van der Waals surface area contributed by atoms with E-state index >= 15 is 0 Å². The number of thioether (sulfide) groups is 1. The summed E-state index contributed by atoms with van der Waals surface area (Å²) in [5.74, 6) is -0.839. The Labute approximate surface area is 85.1 Å². The van der Waals surface area contributed by atoms with Crippen LogP contribution in [0.1, 0.15) is 5.56 Å². The van der Waals surface area contributed by atoms with Gasteiger partial charge in [-0.25, -0.2) is 4.79 Å². The van der Waals surface area contributed by atoms with Crippen LogP contribution in [-0.4, -0.2) is 21.9 Å². The van der Waals surface area contributed by atoms with Gasteiger partial charge >= 0.3 is 5.97 Å². The second-order valence-electron chi connectivity index (χ2n) is 2.92. The molecule has 1 aromatic carbocycles. The monoisotopic (exact) mass is 208 g/mol. The first-order chi connectivity index (χ1) is 6.70. The van der Waals surface area contributed by atoms with E-state index in [0.29, 0.717) is 11.3 Å². The van der Waals surface area contributed by atoms with Gasteiger partial charge in [0.1, 0.15) is 5.76 Å². The molecule has 0 fully saturated rings. The molecule has 4 heteroatoms. The van der Waals surface area contributed by atoms with Gasteiger partial charge in [-0.3, -0.25) is 0 Å². The highest BCUT2D eigenvalue weighted by molar-refractivity contribution is 7.99. The van der Waals surface area contributed by atoms with E-state index < -0.39 is 5.97 Å². The van der Waals surface area contributed by atoms with Crippen molar-refractivity contribution >= 4 is 23.5 Å². The Kier molecular flexibility index (Phi) is 2.21. The maximum Gasteiger partial charge on any atom is 0.336 e. The van der Waals surface area contributed by atoms with Gasteiger partial charge in [0.05, 0.1) is 5.57 Å². The van der Waals surface area contributed by atoms with Crippen LogP contribution in [0.2, 0.25) is 0 Å². The zero-order valence-corrected chi connectivity index (χ0v) is 8.04. The lowest BCUT2D eigenvalue weighted by Crippen LogP contribution is -2.10. The average Bonchev–Trinajstić information content (AvgIpc) is 2.18. The molecule has 1 aromatic rings. The van der Waals surface area contributed by atoms with Crippen LogP contribution in [0.3, 0.4) is 0 Å². The van der Waals surface area contributed by atoms with Crippen molar-refractivity contribution in [3.8, 4) is 0 Å². The molecule has 0 aliphatic carbocycles. The third-order valence-corrected chi connectivity index (χ3v) is 3.16. The standard InChI is InChI=1S/C10H8O3S/c11-9-6-3-1-2-4-8(6)14-5-7(9)10(12)13/h1-4,11H,5H2,(H,12,13). The fourth-order valence-corrected chi connectivity index (χ4v) is 2.39. The molecule has 14 heavy (non-hydrogen) atoms. The van der Waals surface area contributed by atoms with Crippen molar-refractivity contribution in [3.63, 3.8) is 0 Å². The number of aliphatic carboxylic acids is 1. The molecule has 1 heterocycles. The molecule has 3 nitrogen and oxygen atoms in total. The summed E-state index contributed by atoms with van der Waals surface area (Å²) in [6.07, 6.45) is 0. The van der Waals surface area contributed by atoms with Crippen LogP contribution < -0.4 is 0 Å². The minimum Gasteiger partial charge on any atom is -0.507 e. The third kappa shape index (κ3) is 1.37. The number of hydrogen-bond donors (Lipinski definition) is 2. The molecule has 0 saturated heterocycles. The summed E-state index contributed by atoms with van der Waals surface area (Å²) in [5.41, 5.74) is 0.690. The number of aliphatic hydroxyl groups excluding tert-OH is 1. The van der Waals surface area contributed by atoms with Crippen molar-refractivity contribution in [2.45, 2.75) is 4.90 Å². The molecule has 2 rings (SSSR count). The Morgan fingerprint density at radius 2 is 2.07 bits per heavy atom. The minimum absolute atomic E-state index is 0.0775. The molecular formula is C10H8O3S. The molecule has 1 aliphatic heterocycles. The Morgan fingerprint density at radius 1 is 1.36 bits per heavy atom. The lowest BCUT2D eigenvalue weighted by Gasteiger charge is -2.16. The summed E-state index contributed by atoms with van der Waals surface area (Å²) in [6.45, 7) is 0. The SMILES string of the molecule is O=C(O)C1=C(O)c2ccccc2SC1. The zero-order chi connectivity index (χ0) is 10.1. The second-order valence-corrected chi connectivity index (χ2v) is 3.93. The smallest absolute Gasteiger partial charge is 0.336 e. The topological polar surface area (TPSA) is 57.5 Å². The third-order valence-electron chi connectivity index (χ3n) is 2.06. The number of carbonyl (C=O) groups is 1. The molecule has 0 bridgehead atoms. The summed E-state index contributed by atoms with van der Waals surface area (Å²) in [5, 5.41) is 18.5. The first-order valence-electron chi connectivity index (χ1n) is 4.08. The molecule has 0 radical (unpaired) electrons. The van der Waals surface area contributed by atoms with Crippen LogP contribution in [-0.2, 0) is 4.79 Å². The summed E-state index contributed by atoms with van der Waals surface area (Å²) >= 11 is 1.43. The van der Waals surface area contributed by atoms with Crippen LogP contribution in [0.15, 0.2) is 34.7 Å². The largest absolute Gasteiger partial charge is 0.507 e. The molecule has 0 atom stereocenters.